The van der Waals surface area contributed by atoms with Gasteiger partial charge in [0.2, 0.25) is 11.8 Å². The van der Waals surface area contributed by atoms with Crippen molar-refractivity contribution in [2.75, 3.05) is 20.2 Å². The lowest BCUT2D eigenvalue weighted by Gasteiger charge is -2.49. The molecule has 21 heavy (non-hydrogen) atoms. The van der Waals surface area contributed by atoms with E-state index in [-0.39, 0.29) is 29.8 Å². The average Bonchev–Trinajstić information content (AvgIpc) is 2.44. The number of carbonyl (C=O) groups is 2. The van der Waals surface area contributed by atoms with E-state index in [1.807, 2.05) is 32.6 Å². The normalized spacial score (nSPS) is 27.3. The first-order chi connectivity index (χ1) is 9.78. The molecule has 2 amide bonds. The molecule has 2 saturated heterocycles. The van der Waals surface area contributed by atoms with Gasteiger partial charge in [0.05, 0.1) is 12.1 Å². The Morgan fingerprint density at radius 3 is 2.48 bits per heavy atom. The average molecular weight is 296 g/mol. The summed E-state index contributed by atoms with van der Waals surface area (Å²) in [5.74, 6) is 0.316. The van der Waals surface area contributed by atoms with Crippen LogP contribution in [0.3, 0.4) is 0 Å². The molecule has 5 heteroatoms. The third-order valence-corrected chi connectivity index (χ3v) is 4.68. The van der Waals surface area contributed by atoms with Crippen LogP contribution in [-0.2, 0) is 14.3 Å². The fourth-order valence-electron chi connectivity index (χ4n) is 3.38. The topological polar surface area (TPSA) is 49.9 Å². The first-order valence-electron chi connectivity index (χ1n) is 7.94. The van der Waals surface area contributed by atoms with E-state index >= 15 is 0 Å². The Morgan fingerprint density at radius 1 is 1.24 bits per heavy atom. The second kappa shape index (κ2) is 5.95. The van der Waals surface area contributed by atoms with Crippen LogP contribution < -0.4 is 0 Å². The van der Waals surface area contributed by atoms with E-state index in [0.717, 1.165) is 25.8 Å². The summed E-state index contributed by atoms with van der Waals surface area (Å²) in [6.07, 6.45) is 2.82. The lowest BCUT2D eigenvalue weighted by Crippen LogP contribution is -2.68. The smallest absolute Gasteiger partial charge is 0.246 e. The predicted molar refractivity (Wildman–Crippen MR) is 80.8 cm³/mol. The molecule has 2 aliphatic rings. The molecule has 0 saturated carbocycles. The molecule has 5 nitrogen and oxygen atoms in total. The molecule has 120 valence electrons. The van der Waals surface area contributed by atoms with Gasteiger partial charge in [-0.25, -0.2) is 0 Å². The maximum Gasteiger partial charge on any atom is 0.246 e. The van der Waals surface area contributed by atoms with Gasteiger partial charge in [0.1, 0.15) is 12.1 Å². The molecule has 2 atom stereocenters. The molecule has 2 rings (SSSR count). The summed E-state index contributed by atoms with van der Waals surface area (Å²) in [6.45, 7) is 9.10. The lowest BCUT2D eigenvalue weighted by atomic mass is 9.89. The quantitative estimate of drug-likeness (QED) is 0.793. The second-order valence-electron chi connectivity index (χ2n) is 7.16. The summed E-state index contributed by atoms with van der Waals surface area (Å²) in [5, 5.41) is 0. The number of hydrogen-bond acceptors (Lipinski definition) is 3. The van der Waals surface area contributed by atoms with Gasteiger partial charge in [0.25, 0.3) is 0 Å². The highest BCUT2D eigenvalue weighted by Crippen LogP contribution is 2.30. The molecule has 2 heterocycles. The van der Waals surface area contributed by atoms with Crippen LogP contribution >= 0.6 is 0 Å². The monoisotopic (exact) mass is 296 g/mol. The summed E-state index contributed by atoms with van der Waals surface area (Å²) in [5.41, 5.74) is -0.445. The molecule has 0 aliphatic carbocycles. The van der Waals surface area contributed by atoms with E-state index < -0.39 is 5.60 Å². The molecule has 0 spiro atoms. The van der Waals surface area contributed by atoms with Crippen molar-refractivity contribution >= 4 is 11.8 Å². The molecular weight excluding hydrogens is 268 g/mol. The maximum absolute atomic E-state index is 12.9. The predicted octanol–water partition coefficient (Wildman–Crippen LogP) is 1.66. The van der Waals surface area contributed by atoms with Gasteiger partial charge in [-0.05, 0) is 39.0 Å². The largest absolute Gasteiger partial charge is 0.377 e. The van der Waals surface area contributed by atoms with Gasteiger partial charge in [-0.15, -0.1) is 0 Å². The van der Waals surface area contributed by atoms with Gasteiger partial charge >= 0.3 is 0 Å². The standard InChI is InChI=1S/C16H28N2O3/c1-11(2)13-15(20)17-9-7-6-8-12(17)14(19)18(13)10-16(3,4)21-5/h11-13H,6-10H2,1-5H3. The van der Waals surface area contributed by atoms with Gasteiger partial charge in [-0.2, -0.15) is 0 Å². The van der Waals surface area contributed by atoms with Crippen LogP contribution in [0.4, 0.5) is 0 Å². The van der Waals surface area contributed by atoms with Crippen molar-refractivity contribution in [3.63, 3.8) is 0 Å². The van der Waals surface area contributed by atoms with Crippen LogP contribution in [0.25, 0.3) is 0 Å². The Morgan fingerprint density at radius 2 is 1.90 bits per heavy atom. The van der Waals surface area contributed by atoms with E-state index in [4.69, 9.17) is 4.74 Å². The van der Waals surface area contributed by atoms with Gasteiger partial charge in [-0.3, -0.25) is 9.59 Å². The van der Waals surface area contributed by atoms with E-state index in [0.29, 0.717) is 6.54 Å². The first-order valence-corrected chi connectivity index (χ1v) is 7.94. The van der Waals surface area contributed by atoms with Crippen LogP contribution in [0.1, 0.15) is 47.0 Å². The van der Waals surface area contributed by atoms with E-state index in [1.165, 1.54) is 0 Å². The molecule has 2 unspecified atom stereocenters. The van der Waals surface area contributed by atoms with E-state index in [2.05, 4.69) is 0 Å². The Kier molecular flexibility index (Phi) is 4.61. The molecule has 0 N–H and O–H groups in total. The zero-order chi connectivity index (χ0) is 15.8. The van der Waals surface area contributed by atoms with Crippen molar-refractivity contribution in [3.8, 4) is 0 Å². The number of fused-ring (bicyclic) bond motifs is 1. The zero-order valence-electron chi connectivity index (χ0n) is 13.9. The SMILES string of the molecule is COC(C)(C)CN1C(=O)C2CCCCN2C(=O)C1C(C)C. The number of hydrogen-bond donors (Lipinski definition) is 0. The summed E-state index contributed by atoms with van der Waals surface area (Å²) >= 11 is 0. The highest BCUT2D eigenvalue weighted by molar-refractivity contribution is 5.97. The van der Waals surface area contributed by atoms with Gasteiger partial charge < -0.3 is 14.5 Å². The van der Waals surface area contributed by atoms with Crippen molar-refractivity contribution in [1.29, 1.82) is 0 Å². The van der Waals surface area contributed by atoms with Crippen molar-refractivity contribution in [1.82, 2.24) is 9.80 Å². The van der Waals surface area contributed by atoms with Crippen molar-refractivity contribution in [3.05, 3.63) is 0 Å². The number of rotatable bonds is 4. The molecule has 0 aromatic rings. The van der Waals surface area contributed by atoms with Crippen molar-refractivity contribution in [2.45, 2.75) is 64.6 Å². The van der Waals surface area contributed by atoms with Crippen molar-refractivity contribution in [2.24, 2.45) is 5.92 Å². The highest BCUT2D eigenvalue weighted by Gasteiger charge is 2.48. The fraction of sp³-hybridized carbons (Fsp3) is 0.875. The molecule has 0 radical (unpaired) electrons. The number of methoxy groups -OCH3 is 1. The molecule has 2 fully saturated rings. The van der Waals surface area contributed by atoms with Crippen LogP contribution in [0.15, 0.2) is 0 Å². The first kappa shape index (κ1) is 16.3. The van der Waals surface area contributed by atoms with E-state index in [9.17, 15) is 9.59 Å². The molecule has 2 aliphatic heterocycles. The number of piperidine rings is 1. The van der Waals surface area contributed by atoms with Crippen LogP contribution in [-0.4, -0.2) is 59.5 Å². The number of carbonyl (C=O) groups excluding carboxylic acids is 2. The minimum absolute atomic E-state index is 0.0955. The van der Waals surface area contributed by atoms with Gasteiger partial charge in [0, 0.05) is 13.7 Å². The van der Waals surface area contributed by atoms with Gasteiger partial charge in [0.15, 0.2) is 0 Å². The number of ether oxygens (including phenoxy) is 1. The number of nitrogens with zero attached hydrogens (tertiary/aromatic N) is 2. The summed E-state index contributed by atoms with van der Waals surface area (Å²) in [4.78, 5) is 29.3. The van der Waals surface area contributed by atoms with Crippen LogP contribution in [0.5, 0.6) is 0 Å². The number of piperazine rings is 1. The molecule has 0 aromatic carbocycles. The third kappa shape index (κ3) is 3.07. The summed E-state index contributed by atoms with van der Waals surface area (Å²) in [7, 11) is 1.65. The second-order valence-corrected chi connectivity index (χ2v) is 7.16. The summed E-state index contributed by atoms with van der Waals surface area (Å²) < 4.78 is 5.47. The Bertz CT molecular complexity index is 420. The zero-order valence-corrected chi connectivity index (χ0v) is 13.9. The highest BCUT2D eigenvalue weighted by atomic mass is 16.5. The fourth-order valence-corrected chi connectivity index (χ4v) is 3.38. The third-order valence-electron chi connectivity index (χ3n) is 4.68. The van der Waals surface area contributed by atoms with Crippen LogP contribution in [0, 0.1) is 5.92 Å². The Labute approximate surface area is 127 Å². The lowest BCUT2D eigenvalue weighted by molar-refractivity contribution is -0.169. The van der Waals surface area contributed by atoms with E-state index in [1.54, 1.807) is 12.0 Å². The van der Waals surface area contributed by atoms with Crippen LogP contribution in [0.2, 0.25) is 0 Å². The Hall–Kier alpha value is -1.10. The molecule has 0 aromatic heterocycles. The minimum atomic E-state index is -0.445. The summed E-state index contributed by atoms with van der Waals surface area (Å²) in [6, 6.07) is -0.616. The minimum Gasteiger partial charge on any atom is -0.377 e. The maximum atomic E-state index is 12.9. The number of amides is 2. The molecular formula is C16H28N2O3. The van der Waals surface area contributed by atoms with Gasteiger partial charge in [-0.1, -0.05) is 13.8 Å². The Balaban J connectivity index is 2.30. The van der Waals surface area contributed by atoms with Crippen molar-refractivity contribution < 1.29 is 14.3 Å². The molecule has 0 bridgehead atoms.